The van der Waals surface area contributed by atoms with E-state index in [2.05, 4.69) is 34.2 Å². The van der Waals surface area contributed by atoms with Gasteiger partial charge in [-0.3, -0.25) is 4.57 Å². The predicted molar refractivity (Wildman–Crippen MR) is 87.5 cm³/mol. The molecule has 0 amide bonds. The third-order valence-corrected chi connectivity index (χ3v) is 3.80. The van der Waals surface area contributed by atoms with Crippen LogP contribution in [-0.2, 0) is 13.0 Å². The first kappa shape index (κ1) is 13.9. The third-order valence-electron chi connectivity index (χ3n) is 3.80. The average molecular weight is 307 g/mol. The molecule has 23 heavy (non-hydrogen) atoms. The number of aromatic nitrogens is 4. The second kappa shape index (κ2) is 5.79. The molecule has 0 bridgehead atoms. The maximum absolute atomic E-state index is 5.78. The first-order valence-electron chi connectivity index (χ1n) is 7.80. The number of rotatable bonds is 5. The summed E-state index contributed by atoms with van der Waals surface area (Å²) in [4.78, 5) is 9.28. The fourth-order valence-electron chi connectivity index (χ4n) is 2.74. The van der Waals surface area contributed by atoms with E-state index in [9.17, 15) is 0 Å². The quantitative estimate of drug-likeness (QED) is 0.727. The molecule has 0 atom stereocenters. The second-order valence-corrected chi connectivity index (χ2v) is 5.57. The van der Waals surface area contributed by atoms with Gasteiger partial charge in [-0.25, -0.2) is 4.99 Å². The Balaban J connectivity index is 1.69. The van der Waals surface area contributed by atoms with Crippen LogP contribution < -0.4 is 4.74 Å². The summed E-state index contributed by atoms with van der Waals surface area (Å²) < 4.78 is 7.80. The van der Waals surface area contributed by atoms with Crippen LogP contribution in [0.5, 0.6) is 6.01 Å². The molecule has 0 aromatic heterocycles. The average Bonchev–Trinajstić information content (AvgIpc) is 3.19. The van der Waals surface area contributed by atoms with E-state index < -0.39 is 0 Å². The molecule has 0 fully saturated rings. The number of benzene rings is 1. The van der Waals surface area contributed by atoms with Crippen LogP contribution >= 0.6 is 0 Å². The predicted octanol–water partition coefficient (Wildman–Crippen LogP) is 2.90. The highest BCUT2D eigenvalue weighted by Crippen LogP contribution is 2.36. The van der Waals surface area contributed by atoms with Crippen LogP contribution in [0.2, 0.25) is 0 Å². The molecule has 6 nitrogen and oxygen atoms in total. The molecule has 3 aliphatic rings. The minimum Gasteiger partial charge on any atom is -0.465 e. The Labute approximate surface area is 134 Å². The van der Waals surface area contributed by atoms with Crippen molar-refractivity contribution in [2.24, 2.45) is 4.99 Å². The molecule has 0 radical (unpaired) electrons. The maximum Gasteiger partial charge on any atom is 0.300 e. The highest BCUT2D eigenvalue weighted by molar-refractivity contribution is 5.93. The van der Waals surface area contributed by atoms with E-state index in [1.165, 1.54) is 5.56 Å². The lowest BCUT2D eigenvalue weighted by Gasteiger charge is -2.13. The zero-order valence-electron chi connectivity index (χ0n) is 12.9. The fourth-order valence-corrected chi connectivity index (χ4v) is 2.74. The van der Waals surface area contributed by atoms with Gasteiger partial charge in [0.1, 0.15) is 5.82 Å². The lowest BCUT2D eigenvalue weighted by Crippen LogP contribution is -2.12. The first-order valence-corrected chi connectivity index (χ1v) is 7.80. The van der Waals surface area contributed by atoms with Crippen LogP contribution in [0.1, 0.15) is 18.9 Å². The molecule has 0 unspecified atom stereocenters. The van der Waals surface area contributed by atoms with E-state index in [-0.39, 0.29) is 0 Å². The number of hydrogen-bond donors (Lipinski definition) is 0. The van der Waals surface area contributed by atoms with Crippen molar-refractivity contribution in [3.63, 3.8) is 0 Å². The summed E-state index contributed by atoms with van der Waals surface area (Å²) in [5.74, 6) is 1.43. The minimum absolute atomic E-state index is 0.571. The number of fused-ring (bicyclic) bond motifs is 3. The van der Waals surface area contributed by atoms with Crippen LogP contribution in [0.25, 0.3) is 11.4 Å². The lowest BCUT2D eigenvalue weighted by atomic mass is 10.1. The summed E-state index contributed by atoms with van der Waals surface area (Å²) in [6.07, 6.45) is 3.46. The Hall–Kier alpha value is -2.76. The molecular formula is C17H17N5O. The number of aliphatic imine (C=N–C) groups is 1. The smallest absolute Gasteiger partial charge is 0.300 e. The molecule has 0 aliphatic carbocycles. The zero-order valence-corrected chi connectivity index (χ0v) is 12.9. The van der Waals surface area contributed by atoms with E-state index in [0.29, 0.717) is 25.0 Å². The van der Waals surface area contributed by atoms with Gasteiger partial charge >= 0.3 is 0 Å². The van der Waals surface area contributed by atoms with Gasteiger partial charge in [0.25, 0.3) is 6.01 Å². The summed E-state index contributed by atoms with van der Waals surface area (Å²) >= 11 is 0. The molecule has 116 valence electrons. The van der Waals surface area contributed by atoms with Crippen molar-refractivity contribution in [1.82, 2.24) is 19.7 Å². The van der Waals surface area contributed by atoms with Crippen molar-refractivity contribution in [2.45, 2.75) is 26.3 Å². The fraction of sp³-hybridized carbons (Fsp3) is 0.294. The Kier molecular flexibility index (Phi) is 3.49. The third kappa shape index (κ3) is 2.56. The summed E-state index contributed by atoms with van der Waals surface area (Å²) in [5, 5.41) is 8.01. The van der Waals surface area contributed by atoms with Crippen molar-refractivity contribution in [2.75, 3.05) is 6.61 Å². The highest BCUT2D eigenvalue weighted by atomic mass is 16.5. The Morgan fingerprint density at radius 3 is 2.91 bits per heavy atom. The molecule has 0 N–H and O–H groups in total. The van der Waals surface area contributed by atoms with Crippen LogP contribution in [0.3, 0.4) is 0 Å². The Bertz CT molecular complexity index is 824. The van der Waals surface area contributed by atoms with E-state index in [1.807, 2.05) is 22.8 Å². The van der Waals surface area contributed by atoms with Gasteiger partial charge in [0, 0.05) is 12.1 Å². The minimum atomic E-state index is 0.571. The normalized spacial score (nSPS) is 13.2. The summed E-state index contributed by atoms with van der Waals surface area (Å²) in [6, 6.07) is 10.9. The van der Waals surface area contributed by atoms with Gasteiger partial charge in [-0.05, 0) is 12.0 Å². The molecule has 0 saturated heterocycles. The van der Waals surface area contributed by atoms with E-state index in [0.717, 1.165) is 29.9 Å². The van der Waals surface area contributed by atoms with E-state index in [4.69, 9.17) is 9.73 Å². The standard InChI is InChI=1S/C17H17N5O/c1-2-8-23-17-20-15-14(10-18-21-15)16-19-13(11-22(16)17)9-12-6-4-3-5-7-12/h3-7,10H,2,8-9,11H2,1H3. The van der Waals surface area contributed by atoms with Gasteiger partial charge in [-0.1, -0.05) is 37.3 Å². The molecule has 1 aromatic carbocycles. The van der Waals surface area contributed by atoms with Crippen LogP contribution in [0.15, 0.2) is 41.5 Å². The highest BCUT2D eigenvalue weighted by Gasteiger charge is 2.26. The largest absolute Gasteiger partial charge is 0.465 e. The van der Waals surface area contributed by atoms with Gasteiger partial charge < -0.3 is 4.74 Å². The molecule has 6 heteroatoms. The summed E-state index contributed by atoms with van der Waals surface area (Å²) in [7, 11) is 0. The van der Waals surface area contributed by atoms with Gasteiger partial charge in [0.2, 0.25) is 0 Å². The van der Waals surface area contributed by atoms with Gasteiger partial charge in [0.15, 0.2) is 5.82 Å². The molecule has 4 rings (SSSR count). The number of nitrogens with zero attached hydrogens (tertiary/aromatic N) is 5. The van der Waals surface area contributed by atoms with Crippen molar-refractivity contribution in [1.29, 1.82) is 0 Å². The monoisotopic (exact) mass is 307 g/mol. The van der Waals surface area contributed by atoms with Gasteiger partial charge in [-0.2, -0.15) is 10.1 Å². The molecule has 3 aliphatic heterocycles. The lowest BCUT2D eigenvalue weighted by molar-refractivity contribution is 0.279. The van der Waals surface area contributed by atoms with Crippen LogP contribution in [-0.4, -0.2) is 32.1 Å². The van der Waals surface area contributed by atoms with E-state index in [1.54, 1.807) is 6.20 Å². The molecule has 0 spiro atoms. The topological polar surface area (TPSA) is 65.2 Å². The SMILES string of the molecule is CCCOc1nc2nncc-2c2n1CC(Cc1ccccc1)=N2. The van der Waals surface area contributed by atoms with Crippen molar-refractivity contribution < 1.29 is 4.74 Å². The Morgan fingerprint density at radius 1 is 1.22 bits per heavy atom. The summed E-state index contributed by atoms with van der Waals surface area (Å²) in [5.41, 5.74) is 3.21. The summed E-state index contributed by atoms with van der Waals surface area (Å²) in [6.45, 7) is 3.39. The van der Waals surface area contributed by atoms with E-state index >= 15 is 0 Å². The van der Waals surface area contributed by atoms with Gasteiger partial charge in [-0.15, -0.1) is 5.10 Å². The zero-order chi connectivity index (χ0) is 15.6. The van der Waals surface area contributed by atoms with Crippen molar-refractivity contribution in [3.8, 4) is 17.4 Å². The van der Waals surface area contributed by atoms with Crippen LogP contribution in [0, 0.1) is 0 Å². The number of ether oxygens (including phenoxy) is 1. The Morgan fingerprint density at radius 2 is 2.09 bits per heavy atom. The maximum atomic E-state index is 5.78. The second-order valence-electron chi connectivity index (χ2n) is 5.57. The molecular weight excluding hydrogens is 290 g/mol. The number of hydrogen-bond acceptors (Lipinski definition) is 5. The molecule has 0 saturated carbocycles. The van der Waals surface area contributed by atoms with Crippen molar-refractivity contribution >= 4 is 11.5 Å². The molecule has 1 aromatic rings. The first-order chi connectivity index (χ1) is 11.3. The van der Waals surface area contributed by atoms with Crippen LogP contribution in [0.4, 0.5) is 5.82 Å². The van der Waals surface area contributed by atoms with Gasteiger partial charge in [0.05, 0.1) is 24.9 Å². The molecule has 3 heterocycles. The van der Waals surface area contributed by atoms with Crippen molar-refractivity contribution in [3.05, 3.63) is 42.1 Å².